The molecule has 0 saturated heterocycles. The van der Waals surface area contributed by atoms with Gasteiger partial charge in [0, 0.05) is 6.42 Å². The fraction of sp³-hybridized carbons (Fsp3) is 0.696. The van der Waals surface area contributed by atoms with E-state index in [4.69, 9.17) is 14.5 Å². The topological polar surface area (TPSA) is 113 Å². The summed E-state index contributed by atoms with van der Waals surface area (Å²) in [5, 5.41) is 9.41. The summed E-state index contributed by atoms with van der Waals surface area (Å²) in [6.07, 6.45) is 24.2. The Labute approximate surface area is 187 Å². The Morgan fingerprint density at radius 1 is 0.839 bits per heavy atom. The first-order chi connectivity index (χ1) is 14.8. The van der Waals surface area contributed by atoms with E-state index in [9.17, 15) is 14.5 Å². The van der Waals surface area contributed by atoms with E-state index in [2.05, 4.69) is 41.8 Å². The summed E-state index contributed by atoms with van der Waals surface area (Å²) in [6.45, 7) is 1.29. The Morgan fingerprint density at radius 3 is 2.00 bits per heavy atom. The number of hydrogen-bond donors (Lipinski definition) is 3. The van der Waals surface area contributed by atoms with Crippen molar-refractivity contribution in [3.05, 3.63) is 36.5 Å². The molecule has 0 aliphatic rings. The van der Waals surface area contributed by atoms with E-state index < -0.39 is 26.5 Å². The Hall–Kier alpha value is -1.24. The van der Waals surface area contributed by atoms with Gasteiger partial charge in [-0.05, 0) is 38.5 Å². The van der Waals surface area contributed by atoms with Gasteiger partial charge in [-0.3, -0.25) is 9.32 Å². The van der Waals surface area contributed by atoms with Crippen LogP contribution in [0.4, 0.5) is 0 Å². The fourth-order valence-electron chi connectivity index (χ4n) is 2.68. The van der Waals surface area contributed by atoms with Crippen LogP contribution in [0.1, 0.15) is 84.0 Å². The van der Waals surface area contributed by atoms with E-state index in [-0.39, 0.29) is 13.0 Å². The summed E-state index contributed by atoms with van der Waals surface area (Å²) < 4.78 is 19.5. The number of allylic oxidation sites excluding steroid dienone is 6. The van der Waals surface area contributed by atoms with Crippen LogP contribution in [0, 0.1) is 0 Å². The fourth-order valence-corrected chi connectivity index (χ4v) is 3.04. The zero-order chi connectivity index (χ0) is 23.2. The summed E-state index contributed by atoms with van der Waals surface area (Å²) >= 11 is 0. The van der Waals surface area contributed by atoms with Crippen LogP contribution in [0.25, 0.3) is 0 Å². The molecular weight excluding hydrogens is 419 g/mol. The van der Waals surface area contributed by atoms with E-state index in [1.807, 2.05) is 6.08 Å². The molecule has 0 aromatic carbocycles. The maximum absolute atomic E-state index is 11.5. The number of esters is 1. The third kappa shape index (κ3) is 24.9. The number of unbranched alkanes of at least 4 members (excludes halogenated alkanes) is 7. The molecule has 180 valence electrons. The van der Waals surface area contributed by atoms with Crippen molar-refractivity contribution in [3.63, 3.8) is 0 Å². The minimum Gasteiger partial charge on any atom is -0.463 e. The molecule has 0 aromatic heterocycles. The van der Waals surface area contributed by atoms with Crippen molar-refractivity contribution in [1.29, 1.82) is 0 Å². The van der Waals surface area contributed by atoms with E-state index >= 15 is 0 Å². The van der Waals surface area contributed by atoms with Gasteiger partial charge in [-0.15, -0.1) is 0 Å². The van der Waals surface area contributed by atoms with Gasteiger partial charge in [-0.1, -0.05) is 75.5 Å². The van der Waals surface area contributed by atoms with E-state index in [1.54, 1.807) is 0 Å². The first kappa shape index (κ1) is 29.8. The van der Waals surface area contributed by atoms with E-state index in [0.717, 1.165) is 19.3 Å². The van der Waals surface area contributed by atoms with Crippen molar-refractivity contribution in [2.45, 2.75) is 90.1 Å². The number of carbonyl (C=O) groups is 1. The molecule has 0 heterocycles. The van der Waals surface area contributed by atoms with Gasteiger partial charge in [0.25, 0.3) is 0 Å². The van der Waals surface area contributed by atoms with Crippen LogP contribution in [0.3, 0.4) is 0 Å². The monoisotopic (exact) mass is 460 g/mol. The first-order valence-corrected chi connectivity index (χ1v) is 12.9. The molecule has 0 saturated carbocycles. The lowest BCUT2D eigenvalue weighted by Crippen LogP contribution is -2.23. The van der Waals surface area contributed by atoms with Gasteiger partial charge >= 0.3 is 13.8 Å². The average molecular weight is 461 g/mol. The number of phosphoric acid groups is 1. The SMILES string of the molecule is CCCCCCCC/C=C\C/C=C\C/C=C\CCCC(=O)OCC(O)COP(=O)(O)O. The minimum atomic E-state index is -4.63. The normalized spacial score (nSPS) is 13.5. The average Bonchev–Trinajstić information content (AvgIpc) is 2.72. The van der Waals surface area contributed by atoms with Gasteiger partial charge in [-0.25, -0.2) is 4.57 Å². The first-order valence-electron chi connectivity index (χ1n) is 11.3. The number of aliphatic hydroxyl groups is 1. The molecule has 0 aliphatic heterocycles. The van der Waals surface area contributed by atoms with Crippen LogP contribution < -0.4 is 0 Å². The molecule has 31 heavy (non-hydrogen) atoms. The molecule has 0 radical (unpaired) electrons. The minimum absolute atomic E-state index is 0.218. The molecule has 1 unspecified atom stereocenters. The van der Waals surface area contributed by atoms with Crippen LogP contribution in [0.15, 0.2) is 36.5 Å². The third-order valence-electron chi connectivity index (χ3n) is 4.39. The van der Waals surface area contributed by atoms with Crippen LogP contribution in [-0.2, 0) is 18.6 Å². The highest BCUT2D eigenvalue weighted by Crippen LogP contribution is 2.35. The number of aliphatic hydroxyl groups excluding tert-OH is 1. The maximum atomic E-state index is 11.5. The molecule has 0 spiro atoms. The highest BCUT2D eigenvalue weighted by Gasteiger charge is 2.17. The van der Waals surface area contributed by atoms with Gasteiger partial charge < -0.3 is 19.6 Å². The molecule has 3 N–H and O–H groups in total. The number of ether oxygens (including phenoxy) is 1. The molecule has 0 fully saturated rings. The summed E-state index contributed by atoms with van der Waals surface area (Å²) in [5.74, 6) is -0.462. The number of rotatable bonds is 20. The quantitative estimate of drug-likeness (QED) is 0.0969. The molecule has 1 atom stereocenters. The molecule has 0 aliphatic carbocycles. The lowest BCUT2D eigenvalue weighted by atomic mass is 10.1. The van der Waals surface area contributed by atoms with Crippen molar-refractivity contribution in [1.82, 2.24) is 0 Å². The van der Waals surface area contributed by atoms with Crippen molar-refractivity contribution in [3.8, 4) is 0 Å². The molecule has 7 nitrogen and oxygen atoms in total. The Bertz CT molecular complexity index is 566. The van der Waals surface area contributed by atoms with Gasteiger partial charge in [-0.2, -0.15) is 0 Å². The molecular formula is C23H41O7P. The zero-order valence-electron chi connectivity index (χ0n) is 18.9. The molecule has 8 heteroatoms. The summed E-state index contributed by atoms with van der Waals surface area (Å²) in [5.41, 5.74) is 0. The second-order valence-corrected chi connectivity index (χ2v) is 8.70. The molecule has 0 aromatic rings. The van der Waals surface area contributed by atoms with E-state index in [0.29, 0.717) is 6.42 Å². The molecule has 0 bridgehead atoms. The number of phosphoric ester groups is 1. The predicted molar refractivity (Wildman–Crippen MR) is 123 cm³/mol. The van der Waals surface area contributed by atoms with Crippen LogP contribution in [-0.4, -0.2) is 40.2 Å². The van der Waals surface area contributed by atoms with Crippen molar-refractivity contribution in [2.24, 2.45) is 0 Å². The second-order valence-electron chi connectivity index (χ2n) is 7.46. The lowest BCUT2D eigenvalue weighted by molar-refractivity contribution is -0.147. The summed E-state index contributed by atoms with van der Waals surface area (Å²) in [7, 11) is -4.63. The smallest absolute Gasteiger partial charge is 0.463 e. The van der Waals surface area contributed by atoms with Crippen LogP contribution >= 0.6 is 7.82 Å². The highest BCUT2D eigenvalue weighted by atomic mass is 31.2. The Morgan fingerprint density at radius 2 is 1.39 bits per heavy atom. The van der Waals surface area contributed by atoms with E-state index in [1.165, 1.54) is 44.9 Å². The van der Waals surface area contributed by atoms with Crippen molar-refractivity contribution in [2.75, 3.05) is 13.2 Å². The summed E-state index contributed by atoms with van der Waals surface area (Å²) in [6, 6.07) is 0. The van der Waals surface area contributed by atoms with Crippen molar-refractivity contribution < 1.29 is 33.5 Å². The second kappa shape index (κ2) is 20.7. The summed E-state index contributed by atoms with van der Waals surface area (Å²) in [4.78, 5) is 28.6. The largest absolute Gasteiger partial charge is 0.469 e. The van der Waals surface area contributed by atoms with Crippen molar-refractivity contribution >= 4 is 13.8 Å². The van der Waals surface area contributed by atoms with Gasteiger partial charge in [0.2, 0.25) is 0 Å². The maximum Gasteiger partial charge on any atom is 0.469 e. The van der Waals surface area contributed by atoms with Crippen LogP contribution in [0.5, 0.6) is 0 Å². The van der Waals surface area contributed by atoms with Gasteiger partial charge in [0.05, 0.1) is 6.61 Å². The lowest BCUT2D eigenvalue weighted by Gasteiger charge is -2.12. The molecule has 0 rings (SSSR count). The predicted octanol–water partition coefficient (Wildman–Crippen LogP) is 5.37. The number of carbonyl (C=O) groups excluding carboxylic acids is 1. The third-order valence-corrected chi connectivity index (χ3v) is 4.88. The number of hydrogen-bond acceptors (Lipinski definition) is 5. The Kier molecular flexibility index (Phi) is 19.8. The standard InChI is InChI=1S/C23H41O7P/c1-2-3-4-5-6-7-8-9-10-11-12-13-14-15-16-17-18-19-23(25)29-20-22(24)21-30-31(26,27)28/h9-10,12-13,15-16,22,24H,2-8,11,14,17-21H2,1H3,(H2,26,27,28)/b10-9-,13-12-,16-15-. The molecule has 0 amide bonds. The Balaban J connectivity index is 3.54. The zero-order valence-corrected chi connectivity index (χ0v) is 19.8. The van der Waals surface area contributed by atoms with Gasteiger partial charge in [0.1, 0.15) is 12.7 Å². The van der Waals surface area contributed by atoms with Gasteiger partial charge in [0.15, 0.2) is 0 Å². The highest BCUT2D eigenvalue weighted by molar-refractivity contribution is 7.46. The van der Waals surface area contributed by atoms with Crippen LogP contribution in [0.2, 0.25) is 0 Å².